The van der Waals surface area contributed by atoms with Crippen LogP contribution in [0.15, 0.2) is 79.5 Å². The molecule has 0 saturated heterocycles. The van der Waals surface area contributed by atoms with Crippen molar-refractivity contribution in [3.05, 3.63) is 96.2 Å². The zero-order chi connectivity index (χ0) is 20.5. The Hall–Kier alpha value is -3.40. The van der Waals surface area contributed by atoms with E-state index in [-0.39, 0.29) is 17.1 Å². The molecule has 0 aromatic heterocycles. The Morgan fingerprint density at radius 2 is 1.68 bits per heavy atom. The number of carbonyl (C=O) groups is 2. The number of ketones is 1. The normalized spacial score (nSPS) is 11.3. The van der Waals surface area contributed by atoms with E-state index in [2.05, 4.69) is 18.5 Å². The second kappa shape index (κ2) is 10.1. The first-order valence-corrected chi connectivity index (χ1v) is 9.15. The van der Waals surface area contributed by atoms with Crippen LogP contribution in [0.1, 0.15) is 41.3 Å². The molecule has 2 aromatic carbocycles. The topological polar surface area (TPSA) is 66.4 Å². The molecule has 0 fully saturated rings. The first kappa shape index (κ1) is 20.9. The van der Waals surface area contributed by atoms with Crippen molar-refractivity contribution < 1.29 is 14.7 Å². The van der Waals surface area contributed by atoms with E-state index in [0.29, 0.717) is 11.3 Å². The second-order valence-electron chi connectivity index (χ2n) is 6.36. The van der Waals surface area contributed by atoms with E-state index in [1.54, 1.807) is 12.1 Å². The average molecular weight is 375 g/mol. The first-order chi connectivity index (χ1) is 13.5. The fourth-order valence-corrected chi connectivity index (χ4v) is 3.01. The highest BCUT2D eigenvalue weighted by Gasteiger charge is 2.19. The molecule has 28 heavy (non-hydrogen) atoms. The van der Waals surface area contributed by atoms with Crippen molar-refractivity contribution in [1.82, 2.24) is 5.32 Å². The Morgan fingerprint density at radius 3 is 2.29 bits per heavy atom. The number of aryl methyl sites for hydroxylation is 1. The van der Waals surface area contributed by atoms with Gasteiger partial charge in [0.1, 0.15) is 5.75 Å². The lowest BCUT2D eigenvalue weighted by Gasteiger charge is -2.16. The van der Waals surface area contributed by atoms with Crippen molar-refractivity contribution in [2.75, 3.05) is 0 Å². The van der Waals surface area contributed by atoms with E-state index < -0.39 is 5.91 Å². The molecule has 0 saturated carbocycles. The predicted molar refractivity (Wildman–Crippen MR) is 113 cm³/mol. The molecular weight excluding hydrogens is 350 g/mol. The number of para-hydroxylation sites is 1. The van der Waals surface area contributed by atoms with E-state index >= 15 is 0 Å². The van der Waals surface area contributed by atoms with Gasteiger partial charge in [0.15, 0.2) is 5.78 Å². The highest BCUT2D eigenvalue weighted by molar-refractivity contribution is 6.22. The lowest BCUT2D eigenvalue weighted by atomic mass is 9.92. The lowest BCUT2D eigenvalue weighted by molar-refractivity contribution is -0.111. The molecule has 2 N–H and O–H groups in total. The number of carbonyl (C=O) groups excluding carboxylic acids is 2. The molecule has 2 aromatic rings. The molecule has 4 nitrogen and oxygen atoms in total. The third kappa shape index (κ3) is 5.07. The second-order valence-corrected chi connectivity index (χ2v) is 6.36. The summed E-state index contributed by atoms with van der Waals surface area (Å²) in [4.78, 5) is 25.1. The van der Waals surface area contributed by atoms with Crippen LogP contribution >= 0.6 is 0 Å². The van der Waals surface area contributed by atoms with Crippen molar-refractivity contribution in [1.29, 1.82) is 0 Å². The van der Waals surface area contributed by atoms with Gasteiger partial charge in [-0.05, 0) is 55.5 Å². The maximum absolute atomic E-state index is 12.6. The number of amides is 1. The quantitative estimate of drug-likeness (QED) is 0.286. The summed E-state index contributed by atoms with van der Waals surface area (Å²) in [5.74, 6) is -0.808. The first-order valence-electron chi connectivity index (χ1n) is 9.15. The summed E-state index contributed by atoms with van der Waals surface area (Å²) < 4.78 is 0. The molecule has 0 aliphatic carbocycles. The van der Waals surface area contributed by atoms with Crippen molar-refractivity contribution in [2.24, 2.45) is 0 Å². The average Bonchev–Trinajstić information content (AvgIpc) is 2.68. The molecule has 0 atom stereocenters. The van der Waals surface area contributed by atoms with Crippen LogP contribution in [0, 0.1) is 0 Å². The van der Waals surface area contributed by atoms with Gasteiger partial charge in [-0.3, -0.25) is 9.59 Å². The minimum absolute atomic E-state index is 0.127. The van der Waals surface area contributed by atoms with Crippen LogP contribution in [0.4, 0.5) is 0 Å². The number of hydrogen-bond donors (Lipinski definition) is 2. The van der Waals surface area contributed by atoms with Gasteiger partial charge < -0.3 is 10.4 Å². The number of allylic oxidation sites excluding steroid dienone is 3. The molecule has 0 aliphatic heterocycles. The molecule has 0 unspecified atom stereocenters. The number of benzene rings is 2. The number of phenolic OH excluding ortho intramolecular Hbond substituents is 1. The highest BCUT2D eigenvalue weighted by Crippen LogP contribution is 2.25. The van der Waals surface area contributed by atoms with Crippen molar-refractivity contribution in [3.63, 3.8) is 0 Å². The van der Waals surface area contributed by atoms with E-state index in [4.69, 9.17) is 0 Å². The van der Waals surface area contributed by atoms with Gasteiger partial charge in [-0.15, -0.1) is 6.58 Å². The summed E-state index contributed by atoms with van der Waals surface area (Å²) in [5, 5.41) is 12.6. The molecular formula is C24H25NO3. The van der Waals surface area contributed by atoms with Crippen molar-refractivity contribution in [2.45, 2.75) is 26.2 Å². The number of aromatic hydroxyl groups is 1. The van der Waals surface area contributed by atoms with Gasteiger partial charge in [-0.1, -0.05) is 49.1 Å². The largest absolute Gasteiger partial charge is 0.507 e. The highest BCUT2D eigenvalue weighted by atomic mass is 16.3. The number of nitrogens with one attached hydrogen (secondary N) is 1. The van der Waals surface area contributed by atoms with Gasteiger partial charge >= 0.3 is 0 Å². The summed E-state index contributed by atoms with van der Waals surface area (Å²) in [5.41, 5.74) is 2.63. The lowest BCUT2D eigenvalue weighted by Crippen LogP contribution is -2.24. The van der Waals surface area contributed by atoms with Crippen LogP contribution in [0.25, 0.3) is 5.57 Å². The number of phenols is 1. The fourth-order valence-electron chi connectivity index (χ4n) is 3.01. The van der Waals surface area contributed by atoms with Crippen molar-refractivity contribution >= 4 is 17.3 Å². The Morgan fingerprint density at radius 1 is 1.04 bits per heavy atom. The van der Waals surface area contributed by atoms with Crippen LogP contribution in [0.2, 0.25) is 0 Å². The Balaban J connectivity index is 2.47. The van der Waals surface area contributed by atoms with E-state index in [1.165, 1.54) is 25.1 Å². The van der Waals surface area contributed by atoms with Gasteiger partial charge in [-0.25, -0.2) is 0 Å². The van der Waals surface area contributed by atoms with Crippen LogP contribution in [0.5, 0.6) is 5.75 Å². The van der Waals surface area contributed by atoms with E-state index in [9.17, 15) is 14.7 Å². The molecule has 0 spiro atoms. The molecule has 0 aliphatic rings. The Kier molecular flexibility index (Phi) is 7.52. The van der Waals surface area contributed by atoms with Crippen LogP contribution in [-0.4, -0.2) is 16.8 Å². The SMILES string of the molecule is C=CCCCc1ccccc1/C(C(C)=O)=C(\C=C)NC(=O)c1ccccc1O. The Bertz CT molecular complexity index is 925. The third-order valence-electron chi connectivity index (χ3n) is 4.36. The number of Topliss-reactive ketones (excluding diaryl/α,β-unsaturated/α-hetero) is 1. The van der Waals surface area contributed by atoms with Gasteiger partial charge in [0.05, 0.1) is 11.3 Å². The molecule has 4 heteroatoms. The van der Waals surface area contributed by atoms with Crippen LogP contribution in [-0.2, 0) is 11.2 Å². The maximum Gasteiger partial charge on any atom is 0.259 e. The van der Waals surface area contributed by atoms with Gasteiger partial charge in [0.25, 0.3) is 5.91 Å². The minimum atomic E-state index is -0.504. The van der Waals surface area contributed by atoms with Crippen LogP contribution in [0.3, 0.4) is 0 Å². The summed E-state index contributed by atoms with van der Waals surface area (Å²) >= 11 is 0. The minimum Gasteiger partial charge on any atom is -0.507 e. The monoisotopic (exact) mass is 375 g/mol. The molecule has 144 valence electrons. The van der Waals surface area contributed by atoms with E-state index in [1.807, 2.05) is 30.3 Å². The summed E-state index contributed by atoms with van der Waals surface area (Å²) in [6.45, 7) is 8.97. The maximum atomic E-state index is 12.6. The van der Waals surface area contributed by atoms with Gasteiger partial charge in [0, 0.05) is 5.57 Å². The number of hydrogen-bond acceptors (Lipinski definition) is 3. The van der Waals surface area contributed by atoms with Gasteiger partial charge in [0.2, 0.25) is 0 Å². The predicted octanol–water partition coefficient (Wildman–Crippen LogP) is 4.82. The summed E-state index contributed by atoms with van der Waals surface area (Å²) in [6, 6.07) is 13.9. The Labute approximate surface area is 165 Å². The van der Waals surface area contributed by atoms with Gasteiger partial charge in [-0.2, -0.15) is 0 Å². The van der Waals surface area contributed by atoms with Crippen molar-refractivity contribution in [3.8, 4) is 5.75 Å². The fraction of sp³-hybridized carbons (Fsp3) is 0.167. The number of rotatable bonds is 9. The van der Waals surface area contributed by atoms with E-state index in [0.717, 1.165) is 30.4 Å². The number of unbranched alkanes of at least 4 members (excludes halogenated alkanes) is 1. The zero-order valence-corrected chi connectivity index (χ0v) is 16.1. The molecule has 2 rings (SSSR count). The smallest absolute Gasteiger partial charge is 0.259 e. The molecule has 1 amide bonds. The molecule has 0 bridgehead atoms. The summed E-state index contributed by atoms with van der Waals surface area (Å²) in [7, 11) is 0. The molecule has 0 heterocycles. The zero-order valence-electron chi connectivity index (χ0n) is 16.1. The molecule has 0 radical (unpaired) electrons. The third-order valence-corrected chi connectivity index (χ3v) is 4.36. The standard InChI is InChI=1S/C24H25NO3/c1-4-6-7-12-18-13-8-9-14-19(18)23(17(3)26)21(5-2)25-24(28)20-15-10-11-16-22(20)27/h4-5,8-11,13-16,27H,1-2,6-7,12H2,3H3,(H,25,28)/b23-21+. The summed E-state index contributed by atoms with van der Waals surface area (Å²) in [6.07, 6.45) is 5.91. The van der Waals surface area contributed by atoms with Crippen LogP contribution < -0.4 is 5.32 Å².